The van der Waals surface area contributed by atoms with Crippen molar-refractivity contribution in [2.45, 2.75) is 25.2 Å². The summed E-state index contributed by atoms with van der Waals surface area (Å²) in [5.41, 5.74) is 4.03. The van der Waals surface area contributed by atoms with Crippen molar-refractivity contribution in [3.8, 4) is 0 Å². The summed E-state index contributed by atoms with van der Waals surface area (Å²) in [5.74, 6) is -3.94. The molecule has 4 heteroatoms. The van der Waals surface area contributed by atoms with E-state index < -0.39 is 23.8 Å². The Bertz CT molecular complexity index is 794. The standard InChI is InChI=1S/C21H20O4/c1-2-11-25-21(24)19-17-14-9-5-3-7-12(14)16(18(19)20(22)23)13-8-4-6-10-15(13)17/h3-10,16-19H,2,11H2,1H3,(H,22,23)/p-1/t16?,17?,18-,19-/m1/s1. The molecule has 0 aliphatic heterocycles. The summed E-state index contributed by atoms with van der Waals surface area (Å²) in [6, 6.07) is 15.6. The molecule has 2 atom stereocenters. The zero-order valence-electron chi connectivity index (χ0n) is 14.0. The molecule has 2 bridgehead atoms. The Morgan fingerprint density at radius 2 is 1.32 bits per heavy atom. The van der Waals surface area contributed by atoms with Gasteiger partial charge in [0.15, 0.2) is 0 Å². The van der Waals surface area contributed by atoms with E-state index in [1.165, 1.54) is 0 Å². The highest BCUT2D eigenvalue weighted by Crippen LogP contribution is 2.58. The van der Waals surface area contributed by atoms with Gasteiger partial charge in [0.1, 0.15) is 0 Å². The van der Waals surface area contributed by atoms with Gasteiger partial charge in [-0.05, 0) is 28.7 Å². The lowest BCUT2D eigenvalue weighted by Crippen LogP contribution is -2.51. The maximum atomic E-state index is 12.8. The Morgan fingerprint density at radius 1 is 0.880 bits per heavy atom. The van der Waals surface area contributed by atoms with E-state index >= 15 is 0 Å². The lowest BCUT2D eigenvalue weighted by Gasteiger charge is -2.49. The van der Waals surface area contributed by atoms with E-state index in [1.54, 1.807) is 0 Å². The number of carbonyl (C=O) groups excluding carboxylic acids is 2. The van der Waals surface area contributed by atoms with E-state index in [-0.39, 0.29) is 11.8 Å². The van der Waals surface area contributed by atoms with Crippen molar-refractivity contribution in [2.24, 2.45) is 11.8 Å². The van der Waals surface area contributed by atoms with Gasteiger partial charge < -0.3 is 14.6 Å². The van der Waals surface area contributed by atoms with Crippen LogP contribution in [0.25, 0.3) is 0 Å². The first kappa shape index (κ1) is 15.9. The average Bonchev–Trinajstić information content (AvgIpc) is 2.65. The topological polar surface area (TPSA) is 66.4 Å². The molecule has 2 aromatic rings. The second-order valence-electron chi connectivity index (χ2n) is 6.75. The fraction of sp³-hybridized carbons (Fsp3) is 0.333. The molecule has 0 fully saturated rings. The van der Waals surface area contributed by atoms with E-state index in [4.69, 9.17) is 4.74 Å². The molecular formula is C21H19O4-. The fourth-order valence-corrected chi connectivity index (χ4v) is 4.54. The summed E-state index contributed by atoms with van der Waals surface area (Å²) in [4.78, 5) is 24.8. The SMILES string of the molecule is CCCOC(=O)[C@@H]1C2c3ccccc3C(c3ccccc32)[C@H]1C(=O)[O-]. The molecule has 0 N–H and O–H groups in total. The quantitative estimate of drug-likeness (QED) is 0.804. The summed E-state index contributed by atoms with van der Waals surface area (Å²) in [6.07, 6.45) is 0.704. The number of carbonyl (C=O) groups is 2. The number of carboxylic acid groups (broad SMARTS) is 1. The number of hydrogen-bond acceptors (Lipinski definition) is 4. The molecule has 0 amide bonds. The normalized spacial score (nSPS) is 25.8. The van der Waals surface area contributed by atoms with Crippen molar-refractivity contribution in [3.05, 3.63) is 70.8 Å². The third-order valence-electron chi connectivity index (χ3n) is 5.43. The number of fused-ring (bicyclic) bond motifs is 1. The first-order valence-corrected chi connectivity index (χ1v) is 8.70. The van der Waals surface area contributed by atoms with Crippen LogP contribution in [0.1, 0.15) is 47.4 Å². The summed E-state index contributed by atoms with van der Waals surface area (Å²) >= 11 is 0. The Kier molecular flexibility index (Phi) is 3.83. The van der Waals surface area contributed by atoms with Crippen LogP contribution in [0.15, 0.2) is 48.5 Å². The Labute approximate surface area is 146 Å². The van der Waals surface area contributed by atoms with Crippen LogP contribution >= 0.6 is 0 Å². The van der Waals surface area contributed by atoms with Crippen LogP contribution < -0.4 is 5.11 Å². The molecule has 0 heterocycles. The van der Waals surface area contributed by atoms with E-state index in [2.05, 4.69) is 0 Å². The minimum atomic E-state index is -1.18. The molecule has 0 saturated heterocycles. The van der Waals surface area contributed by atoms with Gasteiger partial charge in [0.2, 0.25) is 0 Å². The van der Waals surface area contributed by atoms with Crippen LogP contribution in [0.5, 0.6) is 0 Å². The van der Waals surface area contributed by atoms with Crippen molar-refractivity contribution in [1.29, 1.82) is 0 Å². The molecule has 0 saturated carbocycles. The Hall–Kier alpha value is -2.62. The molecule has 0 spiro atoms. The number of hydrogen-bond donors (Lipinski definition) is 0. The van der Waals surface area contributed by atoms with E-state index in [0.29, 0.717) is 13.0 Å². The van der Waals surface area contributed by atoms with Gasteiger partial charge in [0.05, 0.1) is 12.5 Å². The number of carboxylic acids is 1. The number of rotatable bonds is 4. The monoisotopic (exact) mass is 335 g/mol. The van der Waals surface area contributed by atoms with Gasteiger partial charge in [-0.3, -0.25) is 4.79 Å². The van der Waals surface area contributed by atoms with Crippen molar-refractivity contribution >= 4 is 11.9 Å². The molecule has 3 aliphatic carbocycles. The van der Waals surface area contributed by atoms with Gasteiger partial charge in [-0.15, -0.1) is 0 Å². The Balaban J connectivity index is 1.92. The zero-order chi connectivity index (χ0) is 17.6. The van der Waals surface area contributed by atoms with Crippen molar-refractivity contribution in [1.82, 2.24) is 0 Å². The third-order valence-corrected chi connectivity index (χ3v) is 5.43. The maximum absolute atomic E-state index is 12.8. The minimum Gasteiger partial charge on any atom is -0.550 e. The fourth-order valence-electron chi connectivity index (χ4n) is 4.54. The van der Waals surface area contributed by atoms with Crippen molar-refractivity contribution in [2.75, 3.05) is 6.61 Å². The Morgan fingerprint density at radius 3 is 1.72 bits per heavy atom. The predicted octanol–water partition coefficient (Wildman–Crippen LogP) is 2.21. The van der Waals surface area contributed by atoms with E-state index in [1.807, 2.05) is 55.5 Å². The maximum Gasteiger partial charge on any atom is 0.310 e. The molecule has 5 rings (SSSR count). The van der Waals surface area contributed by atoms with Crippen LogP contribution in [-0.2, 0) is 14.3 Å². The van der Waals surface area contributed by atoms with Crippen molar-refractivity contribution in [3.63, 3.8) is 0 Å². The van der Waals surface area contributed by atoms with Gasteiger partial charge in [-0.25, -0.2) is 0 Å². The van der Waals surface area contributed by atoms with Crippen LogP contribution in [0.2, 0.25) is 0 Å². The molecule has 128 valence electrons. The first-order valence-electron chi connectivity index (χ1n) is 8.70. The predicted molar refractivity (Wildman–Crippen MR) is 89.8 cm³/mol. The van der Waals surface area contributed by atoms with Crippen molar-refractivity contribution < 1.29 is 19.4 Å². The zero-order valence-corrected chi connectivity index (χ0v) is 14.0. The van der Waals surface area contributed by atoms with Gasteiger partial charge in [0, 0.05) is 23.7 Å². The van der Waals surface area contributed by atoms with Gasteiger partial charge in [-0.1, -0.05) is 55.5 Å². The van der Waals surface area contributed by atoms with Gasteiger partial charge in [-0.2, -0.15) is 0 Å². The average molecular weight is 335 g/mol. The number of benzene rings is 2. The van der Waals surface area contributed by atoms with Crippen LogP contribution in [0, 0.1) is 11.8 Å². The van der Waals surface area contributed by atoms with Crippen LogP contribution in [-0.4, -0.2) is 18.5 Å². The minimum absolute atomic E-state index is 0.301. The lowest BCUT2D eigenvalue weighted by molar-refractivity contribution is -0.314. The molecule has 4 nitrogen and oxygen atoms in total. The van der Waals surface area contributed by atoms with Gasteiger partial charge >= 0.3 is 5.97 Å². The number of aliphatic carboxylic acids is 1. The summed E-state index contributed by atoms with van der Waals surface area (Å²) < 4.78 is 5.36. The summed E-state index contributed by atoms with van der Waals surface area (Å²) in [7, 11) is 0. The molecular weight excluding hydrogens is 316 g/mol. The number of ether oxygens (including phenoxy) is 1. The van der Waals surface area contributed by atoms with Crippen LogP contribution in [0.4, 0.5) is 0 Å². The first-order chi connectivity index (χ1) is 12.1. The van der Waals surface area contributed by atoms with Gasteiger partial charge in [0.25, 0.3) is 0 Å². The molecule has 3 aliphatic rings. The summed E-state index contributed by atoms with van der Waals surface area (Å²) in [6.45, 7) is 2.22. The highest BCUT2D eigenvalue weighted by molar-refractivity contribution is 5.86. The number of esters is 1. The molecule has 2 aromatic carbocycles. The smallest absolute Gasteiger partial charge is 0.310 e. The van der Waals surface area contributed by atoms with Crippen LogP contribution in [0.3, 0.4) is 0 Å². The summed E-state index contributed by atoms with van der Waals surface area (Å²) in [5, 5.41) is 12.0. The largest absolute Gasteiger partial charge is 0.550 e. The molecule has 0 radical (unpaired) electrons. The van der Waals surface area contributed by atoms with E-state index in [9.17, 15) is 14.7 Å². The molecule has 0 unspecified atom stereocenters. The second kappa shape index (κ2) is 6.03. The molecule has 0 aromatic heterocycles. The lowest BCUT2D eigenvalue weighted by atomic mass is 9.54. The van der Waals surface area contributed by atoms with E-state index in [0.717, 1.165) is 22.3 Å². The third kappa shape index (κ3) is 2.28. The second-order valence-corrected chi connectivity index (χ2v) is 6.75. The highest BCUT2D eigenvalue weighted by atomic mass is 16.5. The highest BCUT2D eigenvalue weighted by Gasteiger charge is 2.53. The molecule has 25 heavy (non-hydrogen) atoms.